The number of fused-ring (bicyclic) bond motifs is 1. The van der Waals surface area contributed by atoms with E-state index >= 15 is 0 Å². The molecule has 2 aromatic heterocycles. The predicted octanol–water partition coefficient (Wildman–Crippen LogP) is 3.23. The lowest BCUT2D eigenvalue weighted by Crippen LogP contribution is -2.41. The zero-order valence-corrected chi connectivity index (χ0v) is 18.3. The fourth-order valence-electron chi connectivity index (χ4n) is 3.79. The third-order valence-electron chi connectivity index (χ3n) is 5.18. The fourth-order valence-corrected chi connectivity index (χ4v) is 4.46. The minimum absolute atomic E-state index is 0.115. The molecule has 0 radical (unpaired) electrons. The summed E-state index contributed by atoms with van der Waals surface area (Å²) in [4.78, 5) is 38.9. The summed E-state index contributed by atoms with van der Waals surface area (Å²) in [5.74, 6) is -0.338. The molecule has 0 saturated carbocycles. The van der Waals surface area contributed by atoms with Crippen LogP contribution in [0.5, 0.6) is 0 Å². The Bertz CT molecular complexity index is 1380. The Hall–Kier alpha value is -3.52. The van der Waals surface area contributed by atoms with E-state index in [2.05, 4.69) is 9.69 Å². The summed E-state index contributed by atoms with van der Waals surface area (Å²) in [7, 11) is 0. The van der Waals surface area contributed by atoms with E-state index in [0.29, 0.717) is 5.52 Å². The maximum absolute atomic E-state index is 13.2. The van der Waals surface area contributed by atoms with E-state index in [9.17, 15) is 14.4 Å². The molecule has 0 aliphatic carbocycles. The van der Waals surface area contributed by atoms with Crippen molar-refractivity contribution in [3.8, 4) is 0 Å². The number of aryl methyl sites for hydroxylation is 3. The monoisotopic (exact) mass is 434 g/mol. The number of rotatable bonds is 5. The Labute approximate surface area is 182 Å². The van der Waals surface area contributed by atoms with Crippen LogP contribution >= 0.6 is 11.5 Å². The zero-order chi connectivity index (χ0) is 22.1. The van der Waals surface area contributed by atoms with Gasteiger partial charge in [0.1, 0.15) is 6.54 Å². The number of benzene rings is 2. The Morgan fingerprint density at radius 2 is 1.71 bits per heavy atom. The van der Waals surface area contributed by atoms with Crippen LogP contribution < -0.4 is 16.6 Å². The molecule has 1 amide bonds. The highest BCUT2D eigenvalue weighted by molar-refractivity contribution is 7.04. The lowest BCUT2D eigenvalue weighted by molar-refractivity contribution is -0.116. The molecular weight excluding hydrogens is 412 g/mol. The fraction of sp³-hybridized carbons (Fsp3) is 0.217. The second-order valence-corrected chi connectivity index (χ2v) is 8.24. The van der Waals surface area contributed by atoms with Crippen molar-refractivity contribution in [3.63, 3.8) is 0 Å². The number of carbonyl (C=O) groups excluding carboxylic acids is 1. The van der Waals surface area contributed by atoms with Gasteiger partial charge in [0.05, 0.1) is 12.1 Å². The van der Waals surface area contributed by atoms with Gasteiger partial charge in [-0.2, -0.15) is 4.37 Å². The highest BCUT2D eigenvalue weighted by Gasteiger charge is 2.18. The van der Waals surface area contributed by atoms with Gasteiger partial charge >= 0.3 is 5.69 Å². The van der Waals surface area contributed by atoms with Crippen molar-refractivity contribution in [1.82, 2.24) is 13.5 Å². The van der Waals surface area contributed by atoms with E-state index in [4.69, 9.17) is 0 Å². The van der Waals surface area contributed by atoms with E-state index in [1.807, 2.05) is 63.2 Å². The highest BCUT2D eigenvalue weighted by Crippen LogP contribution is 2.22. The van der Waals surface area contributed by atoms with Crippen LogP contribution in [0.25, 0.3) is 11.0 Å². The summed E-state index contributed by atoms with van der Waals surface area (Å²) in [5, 5.41) is 4.54. The highest BCUT2D eigenvalue weighted by atomic mass is 32.1. The molecule has 0 bridgehead atoms. The van der Waals surface area contributed by atoms with Crippen molar-refractivity contribution in [2.24, 2.45) is 0 Å². The molecule has 0 fully saturated rings. The molecular formula is C23H22N4O3S. The smallest absolute Gasteiger partial charge is 0.324 e. The Balaban J connectivity index is 1.72. The number of hydrogen-bond donors (Lipinski definition) is 1. The molecule has 31 heavy (non-hydrogen) atoms. The van der Waals surface area contributed by atoms with Crippen LogP contribution in [0.2, 0.25) is 0 Å². The molecule has 8 heteroatoms. The van der Waals surface area contributed by atoms with Crippen LogP contribution in [0, 0.1) is 20.8 Å². The Kier molecular flexibility index (Phi) is 5.56. The van der Waals surface area contributed by atoms with Crippen molar-refractivity contribution < 1.29 is 4.79 Å². The standard InChI is InChI=1S/C23H22N4O3S/c1-14-9-15(2)20(16(3)10-14)24-19(28)12-26-18-13-31-25-21(18)22(29)27(23(26)30)11-17-7-5-4-6-8-17/h4-10,13H,11-12H2,1-3H3,(H,24,28). The van der Waals surface area contributed by atoms with Crippen LogP contribution in [-0.2, 0) is 17.9 Å². The third-order valence-corrected chi connectivity index (χ3v) is 5.79. The van der Waals surface area contributed by atoms with E-state index in [1.165, 1.54) is 4.57 Å². The van der Waals surface area contributed by atoms with Crippen LogP contribution in [0.15, 0.2) is 57.4 Å². The Morgan fingerprint density at radius 1 is 1.03 bits per heavy atom. The molecule has 0 spiro atoms. The van der Waals surface area contributed by atoms with Crippen LogP contribution in [0.3, 0.4) is 0 Å². The minimum atomic E-state index is -0.533. The van der Waals surface area contributed by atoms with Gasteiger partial charge in [-0.25, -0.2) is 4.79 Å². The van der Waals surface area contributed by atoms with E-state index in [-0.39, 0.29) is 24.5 Å². The number of nitrogens with zero attached hydrogens (tertiary/aromatic N) is 3. The summed E-state index contributed by atoms with van der Waals surface area (Å²) in [5.41, 5.74) is 4.15. The van der Waals surface area contributed by atoms with Gasteiger partial charge in [-0.05, 0) is 49.0 Å². The maximum Gasteiger partial charge on any atom is 0.332 e. The number of carbonyl (C=O) groups is 1. The van der Waals surface area contributed by atoms with Gasteiger partial charge < -0.3 is 5.32 Å². The number of hydrogen-bond acceptors (Lipinski definition) is 5. The first-order valence-electron chi connectivity index (χ1n) is 9.84. The number of aromatic nitrogens is 3. The second-order valence-electron chi connectivity index (χ2n) is 7.62. The van der Waals surface area contributed by atoms with Crippen molar-refractivity contribution in [2.45, 2.75) is 33.9 Å². The lowest BCUT2D eigenvalue weighted by atomic mass is 10.1. The molecule has 4 aromatic rings. The van der Waals surface area contributed by atoms with Gasteiger partial charge in [0, 0.05) is 11.1 Å². The summed E-state index contributed by atoms with van der Waals surface area (Å²) in [6.45, 7) is 5.77. The van der Waals surface area contributed by atoms with E-state index in [1.54, 1.807) is 5.38 Å². The molecule has 2 heterocycles. The average molecular weight is 435 g/mol. The quantitative estimate of drug-likeness (QED) is 0.523. The minimum Gasteiger partial charge on any atom is -0.324 e. The third kappa shape index (κ3) is 4.06. The summed E-state index contributed by atoms with van der Waals surface area (Å²) in [6, 6.07) is 13.2. The van der Waals surface area contributed by atoms with Gasteiger partial charge in [-0.15, -0.1) is 0 Å². The van der Waals surface area contributed by atoms with Gasteiger partial charge in [-0.3, -0.25) is 18.7 Å². The van der Waals surface area contributed by atoms with Crippen molar-refractivity contribution >= 4 is 34.2 Å². The first kappa shape index (κ1) is 20.7. The van der Waals surface area contributed by atoms with Crippen molar-refractivity contribution in [2.75, 3.05) is 5.32 Å². The largest absolute Gasteiger partial charge is 0.332 e. The maximum atomic E-state index is 13.2. The predicted molar refractivity (Wildman–Crippen MR) is 123 cm³/mol. The summed E-state index contributed by atoms with van der Waals surface area (Å²) >= 11 is 1.09. The molecule has 0 aliphatic heterocycles. The van der Waals surface area contributed by atoms with Crippen LogP contribution in [-0.4, -0.2) is 19.4 Å². The van der Waals surface area contributed by atoms with E-state index < -0.39 is 11.2 Å². The average Bonchev–Trinajstić information content (AvgIpc) is 3.22. The molecule has 4 rings (SSSR count). The number of anilines is 1. The Morgan fingerprint density at radius 3 is 2.39 bits per heavy atom. The normalized spacial score (nSPS) is 11.1. The van der Waals surface area contributed by atoms with Gasteiger partial charge in [0.15, 0.2) is 5.52 Å². The molecule has 0 unspecified atom stereocenters. The molecule has 0 aliphatic rings. The molecule has 158 valence electrons. The van der Waals surface area contributed by atoms with Crippen LogP contribution in [0.1, 0.15) is 22.3 Å². The second kappa shape index (κ2) is 8.31. The van der Waals surface area contributed by atoms with Crippen LogP contribution in [0.4, 0.5) is 5.69 Å². The van der Waals surface area contributed by atoms with Gasteiger partial charge in [0.25, 0.3) is 5.56 Å². The van der Waals surface area contributed by atoms with Crippen molar-refractivity contribution in [3.05, 3.63) is 90.9 Å². The zero-order valence-electron chi connectivity index (χ0n) is 17.5. The first-order chi connectivity index (χ1) is 14.8. The lowest BCUT2D eigenvalue weighted by Gasteiger charge is -2.15. The molecule has 7 nitrogen and oxygen atoms in total. The summed E-state index contributed by atoms with van der Waals surface area (Å²) < 4.78 is 6.62. The van der Waals surface area contributed by atoms with E-state index in [0.717, 1.165) is 44.0 Å². The van der Waals surface area contributed by atoms with Crippen molar-refractivity contribution in [1.29, 1.82) is 0 Å². The van der Waals surface area contributed by atoms with Gasteiger partial charge in [0.2, 0.25) is 5.91 Å². The molecule has 1 N–H and O–H groups in total. The SMILES string of the molecule is Cc1cc(C)c(NC(=O)Cn2c(=O)n(Cc3ccccc3)c(=O)c3nscc32)c(C)c1. The number of amides is 1. The topological polar surface area (TPSA) is 86.0 Å². The molecule has 0 atom stereocenters. The molecule has 2 aromatic carbocycles. The molecule has 0 saturated heterocycles. The summed E-state index contributed by atoms with van der Waals surface area (Å²) in [6.07, 6.45) is 0. The number of nitrogens with one attached hydrogen (secondary N) is 1. The van der Waals surface area contributed by atoms with Gasteiger partial charge in [-0.1, -0.05) is 48.0 Å². The first-order valence-corrected chi connectivity index (χ1v) is 10.7.